The number of halogens is 1. The van der Waals surface area contributed by atoms with E-state index in [-0.39, 0.29) is 6.10 Å². The van der Waals surface area contributed by atoms with Crippen LogP contribution in [0.25, 0.3) is 0 Å². The quantitative estimate of drug-likeness (QED) is 0.888. The Hall–Kier alpha value is 0.490. The van der Waals surface area contributed by atoms with Crippen molar-refractivity contribution in [3.05, 3.63) is 20.8 Å². The number of rotatable bonds is 5. The van der Waals surface area contributed by atoms with Crippen LogP contribution in [0.2, 0.25) is 0 Å². The lowest BCUT2D eigenvalue weighted by Crippen LogP contribution is -2.01. The first-order chi connectivity index (χ1) is 6.61. The third-order valence-electron chi connectivity index (χ3n) is 1.67. The predicted octanol–water partition coefficient (Wildman–Crippen LogP) is 3.93. The molecular formula is C10H15BrOS2. The van der Waals surface area contributed by atoms with Gasteiger partial charge < -0.3 is 5.11 Å². The molecule has 4 heteroatoms. The molecule has 0 fully saturated rings. The maximum Gasteiger partial charge on any atom is 0.0983 e. The molecule has 0 radical (unpaired) electrons. The van der Waals surface area contributed by atoms with Crippen molar-refractivity contribution in [3.8, 4) is 0 Å². The molecule has 1 nitrogen and oxygen atoms in total. The molecule has 0 saturated carbocycles. The van der Waals surface area contributed by atoms with Crippen LogP contribution in [0.4, 0.5) is 0 Å². The standard InChI is InChI=1S/C10H15BrOS2/c1-7(2)5-13-6-9(12)10-8(11)3-4-14-10/h3-4,7,9,12H,5-6H2,1-2H3. The van der Waals surface area contributed by atoms with Crippen molar-refractivity contribution in [2.24, 2.45) is 5.92 Å². The number of thiophene rings is 1. The zero-order valence-corrected chi connectivity index (χ0v) is 11.6. The average Bonchev–Trinajstić information content (AvgIpc) is 2.50. The van der Waals surface area contributed by atoms with Gasteiger partial charge in [0, 0.05) is 15.1 Å². The molecule has 1 rings (SSSR count). The molecule has 14 heavy (non-hydrogen) atoms. The molecule has 0 spiro atoms. The fraction of sp³-hybridized carbons (Fsp3) is 0.600. The highest BCUT2D eigenvalue weighted by Crippen LogP contribution is 2.31. The predicted molar refractivity (Wildman–Crippen MR) is 69.1 cm³/mol. The van der Waals surface area contributed by atoms with Gasteiger partial charge in [0.25, 0.3) is 0 Å². The molecule has 0 aliphatic carbocycles. The van der Waals surface area contributed by atoms with Crippen LogP contribution >= 0.6 is 39.0 Å². The lowest BCUT2D eigenvalue weighted by atomic mass is 10.3. The molecule has 0 saturated heterocycles. The van der Waals surface area contributed by atoms with Crippen molar-refractivity contribution >= 4 is 39.0 Å². The number of aliphatic hydroxyl groups excluding tert-OH is 1. The van der Waals surface area contributed by atoms with Crippen molar-refractivity contribution in [2.75, 3.05) is 11.5 Å². The zero-order chi connectivity index (χ0) is 10.6. The van der Waals surface area contributed by atoms with E-state index < -0.39 is 0 Å². The van der Waals surface area contributed by atoms with E-state index >= 15 is 0 Å². The molecule has 0 aliphatic heterocycles. The molecule has 0 amide bonds. The van der Waals surface area contributed by atoms with Gasteiger partial charge in [-0.3, -0.25) is 0 Å². The van der Waals surface area contributed by atoms with Gasteiger partial charge in [-0.05, 0) is 39.0 Å². The molecular weight excluding hydrogens is 280 g/mol. The Balaban J connectivity index is 2.36. The van der Waals surface area contributed by atoms with Crippen molar-refractivity contribution in [2.45, 2.75) is 20.0 Å². The maximum absolute atomic E-state index is 9.86. The molecule has 1 heterocycles. The van der Waals surface area contributed by atoms with Crippen LogP contribution in [0.5, 0.6) is 0 Å². The number of hydrogen-bond donors (Lipinski definition) is 1. The van der Waals surface area contributed by atoms with Crippen LogP contribution in [0.15, 0.2) is 15.9 Å². The molecule has 0 aliphatic rings. The lowest BCUT2D eigenvalue weighted by Gasteiger charge is -2.10. The summed E-state index contributed by atoms with van der Waals surface area (Å²) in [5.74, 6) is 2.59. The molecule has 1 atom stereocenters. The van der Waals surface area contributed by atoms with Gasteiger partial charge in [-0.2, -0.15) is 11.8 Å². The van der Waals surface area contributed by atoms with Gasteiger partial charge in [0.15, 0.2) is 0 Å². The van der Waals surface area contributed by atoms with E-state index in [2.05, 4.69) is 29.8 Å². The molecule has 1 aromatic rings. The molecule has 1 aromatic heterocycles. The van der Waals surface area contributed by atoms with Gasteiger partial charge in [-0.25, -0.2) is 0 Å². The van der Waals surface area contributed by atoms with Gasteiger partial charge in [-0.15, -0.1) is 11.3 Å². The second-order valence-electron chi connectivity index (χ2n) is 3.58. The second-order valence-corrected chi connectivity index (χ2v) is 6.46. The van der Waals surface area contributed by atoms with Gasteiger partial charge in [0.2, 0.25) is 0 Å². The minimum atomic E-state index is -0.326. The molecule has 0 aromatic carbocycles. The van der Waals surface area contributed by atoms with Crippen molar-refractivity contribution < 1.29 is 5.11 Å². The first-order valence-electron chi connectivity index (χ1n) is 4.60. The summed E-state index contributed by atoms with van der Waals surface area (Å²) in [5, 5.41) is 11.9. The van der Waals surface area contributed by atoms with Crippen LogP contribution in [0, 0.1) is 5.92 Å². The smallest absolute Gasteiger partial charge is 0.0983 e. The first kappa shape index (κ1) is 12.6. The van der Waals surface area contributed by atoms with E-state index in [1.54, 1.807) is 11.3 Å². The Morgan fingerprint density at radius 3 is 2.71 bits per heavy atom. The van der Waals surface area contributed by atoms with Gasteiger partial charge in [0.05, 0.1) is 6.10 Å². The minimum Gasteiger partial charge on any atom is -0.387 e. The summed E-state index contributed by atoms with van der Waals surface area (Å²) in [6, 6.07) is 1.98. The summed E-state index contributed by atoms with van der Waals surface area (Å²) < 4.78 is 1.03. The van der Waals surface area contributed by atoms with E-state index in [9.17, 15) is 5.11 Å². The highest BCUT2D eigenvalue weighted by atomic mass is 79.9. The molecule has 1 N–H and O–H groups in total. The van der Waals surface area contributed by atoms with Crippen LogP contribution < -0.4 is 0 Å². The maximum atomic E-state index is 9.86. The molecule has 1 unspecified atom stereocenters. The van der Waals surface area contributed by atoms with E-state index in [4.69, 9.17) is 0 Å². The van der Waals surface area contributed by atoms with Crippen LogP contribution in [0.3, 0.4) is 0 Å². The third-order valence-corrected chi connectivity index (χ3v) is 5.10. The van der Waals surface area contributed by atoms with Gasteiger partial charge >= 0.3 is 0 Å². The summed E-state index contributed by atoms with van der Waals surface area (Å²) in [6.45, 7) is 4.39. The SMILES string of the molecule is CC(C)CSCC(O)c1sccc1Br. The second kappa shape index (κ2) is 6.16. The average molecular weight is 295 g/mol. The molecule has 80 valence electrons. The van der Waals surface area contributed by atoms with E-state index in [1.807, 2.05) is 23.2 Å². The zero-order valence-electron chi connectivity index (χ0n) is 8.37. The van der Waals surface area contributed by atoms with E-state index in [0.29, 0.717) is 5.92 Å². The number of aliphatic hydroxyl groups is 1. The Bertz CT molecular complexity index is 273. The normalized spacial score (nSPS) is 13.5. The number of thioether (sulfide) groups is 1. The number of hydrogen-bond acceptors (Lipinski definition) is 3. The van der Waals surface area contributed by atoms with Crippen LogP contribution in [-0.4, -0.2) is 16.6 Å². The summed E-state index contributed by atoms with van der Waals surface area (Å²) >= 11 is 6.85. The Labute approximate surface area is 102 Å². The van der Waals surface area contributed by atoms with Crippen LogP contribution in [-0.2, 0) is 0 Å². The van der Waals surface area contributed by atoms with Gasteiger partial charge in [-0.1, -0.05) is 13.8 Å². The van der Waals surface area contributed by atoms with Gasteiger partial charge in [0.1, 0.15) is 0 Å². The van der Waals surface area contributed by atoms with Crippen LogP contribution in [0.1, 0.15) is 24.8 Å². The first-order valence-corrected chi connectivity index (χ1v) is 7.42. The Kier molecular flexibility index (Phi) is 5.52. The van der Waals surface area contributed by atoms with Crippen molar-refractivity contribution in [3.63, 3.8) is 0 Å². The van der Waals surface area contributed by atoms with Crippen molar-refractivity contribution in [1.29, 1.82) is 0 Å². The van der Waals surface area contributed by atoms with E-state index in [1.165, 1.54) is 0 Å². The largest absolute Gasteiger partial charge is 0.387 e. The summed E-state index contributed by atoms with van der Waals surface area (Å²) in [5.41, 5.74) is 0. The van der Waals surface area contributed by atoms with E-state index in [0.717, 1.165) is 20.9 Å². The minimum absolute atomic E-state index is 0.326. The van der Waals surface area contributed by atoms with Crippen molar-refractivity contribution in [1.82, 2.24) is 0 Å². The molecule has 0 bridgehead atoms. The highest BCUT2D eigenvalue weighted by molar-refractivity contribution is 9.10. The third kappa shape index (κ3) is 3.93. The summed E-state index contributed by atoms with van der Waals surface area (Å²) in [7, 11) is 0. The summed E-state index contributed by atoms with van der Waals surface area (Å²) in [6.07, 6.45) is -0.326. The fourth-order valence-electron chi connectivity index (χ4n) is 1.03. The highest BCUT2D eigenvalue weighted by Gasteiger charge is 2.12. The summed E-state index contributed by atoms with van der Waals surface area (Å²) in [4.78, 5) is 1.04. The fourth-order valence-corrected chi connectivity index (χ4v) is 3.76. The Morgan fingerprint density at radius 1 is 1.50 bits per heavy atom. The Morgan fingerprint density at radius 2 is 2.21 bits per heavy atom. The monoisotopic (exact) mass is 294 g/mol. The lowest BCUT2D eigenvalue weighted by molar-refractivity contribution is 0.207. The topological polar surface area (TPSA) is 20.2 Å².